The summed E-state index contributed by atoms with van der Waals surface area (Å²) >= 11 is 1.82. The molecular formula is C12H23N3O2S2. The lowest BCUT2D eigenvalue weighted by Crippen LogP contribution is -2.24. The number of aromatic amines is 1. The van der Waals surface area contributed by atoms with E-state index < -0.39 is 10.0 Å². The largest absolute Gasteiger partial charge is 0.363 e. The Bertz CT molecular complexity index is 457. The number of aromatic nitrogens is 1. The molecule has 5 nitrogen and oxygen atoms in total. The van der Waals surface area contributed by atoms with Crippen LogP contribution < -0.4 is 10.0 Å². The molecule has 0 fully saturated rings. The van der Waals surface area contributed by atoms with Gasteiger partial charge in [0.15, 0.2) is 0 Å². The number of H-pyrrole nitrogens is 1. The average Bonchev–Trinajstić information content (AvgIpc) is 2.83. The monoisotopic (exact) mass is 305 g/mol. The molecule has 7 heteroatoms. The summed E-state index contributed by atoms with van der Waals surface area (Å²) in [5.74, 6) is 1.14. The third-order valence-corrected chi connectivity index (χ3v) is 4.85. The van der Waals surface area contributed by atoms with Crippen molar-refractivity contribution in [1.29, 1.82) is 0 Å². The Morgan fingerprint density at radius 1 is 1.32 bits per heavy atom. The van der Waals surface area contributed by atoms with Gasteiger partial charge in [0, 0.05) is 25.0 Å². The summed E-state index contributed by atoms with van der Waals surface area (Å²) in [4.78, 5) is 3.25. The number of sulfonamides is 1. The molecule has 110 valence electrons. The van der Waals surface area contributed by atoms with E-state index >= 15 is 0 Å². The van der Waals surface area contributed by atoms with Crippen molar-refractivity contribution in [2.45, 2.75) is 30.7 Å². The molecule has 1 heterocycles. The van der Waals surface area contributed by atoms with Crippen LogP contribution in [-0.4, -0.2) is 39.0 Å². The summed E-state index contributed by atoms with van der Waals surface area (Å²) in [6, 6.07) is 1.66. The normalized spacial score (nSPS) is 11.9. The summed E-state index contributed by atoms with van der Waals surface area (Å²) in [6.45, 7) is 1.13. The van der Waals surface area contributed by atoms with E-state index in [0.29, 0.717) is 18.0 Å². The van der Waals surface area contributed by atoms with Gasteiger partial charge in [-0.25, -0.2) is 13.1 Å². The highest BCUT2D eigenvalue weighted by Crippen LogP contribution is 2.10. The number of nitrogens with one attached hydrogen (secondary N) is 3. The molecule has 0 aliphatic heterocycles. The summed E-state index contributed by atoms with van der Waals surface area (Å²) in [5.41, 5.74) is 0.864. The van der Waals surface area contributed by atoms with Crippen LogP contribution in [0.2, 0.25) is 0 Å². The maximum atomic E-state index is 12.0. The molecule has 19 heavy (non-hydrogen) atoms. The Labute approximate surface area is 120 Å². The lowest BCUT2D eigenvalue weighted by atomic mass is 10.2. The van der Waals surface area contributed by atoms with Crippen LogP contribution >= 0.6 is 11.8 Å². The molecule has 0 saturated carbocycles. The Kier molecular flexibility index (Phi) is 7.52. The first-order chi connectivity index (χ1) is 9.10. The first-order valence-corrected chi connectivity index (χ1v) is 9.28. The number of hydrogen-bond donors (Lipinski definition) is 3. The fraction of sp³-hybridized carbons (Fsp3) is 0.667. The maximum Gasteiger partial charge on any atom is 0.242 e. The van der Waals surface area contributed by atoms with E-state index in [1.165, 1.54) is 6.20 Å². The van der Waals surface area contributed by atoms with E-state index in [1.807, 2.05) is 18.8 Å². The van der Waals surface area contributed by atoms with Gasteiger partial charge >= 0.3 is 0 Å². The third kappa shape index (κ3) is 5.99. The molecule has 3 N–H and O–H groups in total. The van der Waals surface area contributed by atoms with Gasteiger partial charge in [-0.15, -0.1) is 0 Å². The molecule has 0 spiro atoms. The predicted octanol–water partition coefficient (Wildman–Crippen LogP) is 1.55. The summed E-state index contributed by atoms with van der Waals surface area (Å²) < 4.78 is 26.6. The highest BCUT2D eigenvalue weighted by atomic mass is 32.2. The van der Waals surface area contributed by atoms with E-state index in [9.17, 15) is 8.42 Å². The SMILES string of the molecule is CNCc1cc(S(=O)(=O)NCCCCCSC)c[nH]1. The van der Waals surface area contributed by atoms with E-state index in [2.05, 4.69) is 21.3 Å². The van der Waals surface area contributed by atoms with Gasteiger partial charge in [-0.05, 0) is 38.0 Å². The highest BCUT2D eigenvalue weighted by molar-refractivity contribution is 7.98. The predicted molar refractivity (Wildman–Crippen MR) is 81.0 cm³/mol. The molecule has 0 saturated heterocycles. The lowest BCUT2D eigenvalue weighted by Gasteiger charge is -2.04. The molecule has 1 rings (SSSR count). The van der Waals surface area contributed by atoms with E-state index in [0.717, 1.165) is 30.7 Å². The van der Waals surface area contributed by atoms with E-state index in [1.54, 1.807) is 6.07 Å². The quantitative estimate of drug-likeness (QED) is 0.573. The van der Waals surface area contributed by atoms with Gasteiger partial charge in [0.2, 0.25) is 10.0 Å². The zero-order valence-electron chi connectivity index (χ0n) is 11.5. The minimum Gasteiger partial charge on any atom is -0.363 e. The molecule has 0 aliphatic carbocycles. The second kappa shape index (κ2) is 8.63. The minimum atomic E-state index is -3.36. The topological polar surface area (TPSA) is 74.0 Å². The number of hydrogen-bond acceptors (Lipinski definition) is 4. The first kappa shape index (κ1) is 16.6. The van der Waals surface area contributed by atoms with Crippen LogP contribution in [0.3, 0.4) is 0 Å². The molecule has 1 aromatic rings. The van der Waals surface area contributed by atoms with Crippen LogP contribution in [0.25, 0.3) is 0 Å². The molecule has 0 radical (unpaired) electrons. The Morgan fingerprint density at radius 2 is 2.11 bits per heavy atom. The van der Waals surface area contributed by atoms with Gasteiger partial charge in [0.25, 0.3) is 0 Å². The fourth-order valence-electron chi connectivity index (χ4n) is 1.70. The smallest absolute Gasteiger partial charge is 0.242 e. The van der Waals surface area contributed by atoms with Gasteiger partial charge in [0.05, 0.1) is 4.90 Å². The second-order valence-corrected chi connectivity index (χ2v) is 7.09. The van der Waals surface area contributed by atoms with Crippen LogP contribution in [-0.2, 0) is 16.6 Å². The van der Waals surface area contributed by atoms with Gasteiger partial charge in [-0.1, -0.05) is 6.42 Å². The lowest BCUT2D eigenvalue weighted by molar-refractivity contribution is 0.576. The van der Waals surface area contributed by atoms with E-state index in [-0.39, 0.29) is 0 Å². The number of rotatable bonds is 10. The molecule has 0 atom stereocenters. The average molecular weight is 305 g/mol. The third-order valence-electron chi connectivity index (χ3n) is 2.71. The molecule has 0 amide bonds. The molecular weight excluding hydrogens is 282 g/mol. The standard InChI is InChI=1S/C12H23N3O2S2/c1-13-9-11-8-12(10-14-11)19(16,17)15-6-4-3-5-7-18-2/h8,10,13-15H,3-7,9H2,1-2H3. The summed E-state index contributed by atoms with van der Waals surface area (Å²) in [5, 5.41) is 2.97. The van der Waals surface area contributed by atoms with Crippen LogP contribution in [0.15, 0.2) is 17.2 Å². The highest BCUT2D eigenvalue weighted by Gasteiger charge is 2.14. The molecule has 0 unspecified atom stereocenters. The van der Waals surface area contributed by atoms with Crippen molar-refractivity contribution in [2.24, 2.45) is 0 Å². The van der Waals surface area contributed by atoms with Gasteiger partial charge in [-0.2, -0.15) is 11.8 Å². The Morgan fingerprint density at radius 3 is 2.79 bits per heavy atom. The minimum absolute atomic E-state index is 0.307. The Hall–Kier alpha value is -0.500. The van der Waals surface area contributed by atoms with Crippen molar-refractivity contribution < 1.29 is 8.42 Å². The zero-order valence-corrected chi connectivity index (χ0v) is 13.2. The molecule has 0 aromatic carbocycles. The molecule has 1 aromatic heterocycles. The summed E-state index contributed by atoms with van der Waals surface area (Å²) in [6.07, 6.45) is 6.69. The van der Waals surface area contributed by atoms with Crippen molar-refractivity contribution in [3.63, 3.8) is 0 Å². The molecule has 0 aliphatic rings. The van der Waals surface area contributed by atoms with Crippen LogP contribution in [0.4, 0.5) is 0 Å². The van der Waals surface area contributed by atoms with Crippen molar-refractivity contribution >= 4 is 21.8 Å². The number of unbranched alkanes of at least 4 members (excludes halogenated alkanes) is 2. The van der Waals surface area contributed by atoms with Crippen molar-refractivity contribution in [1.82, 2.24) is 15.0 Å². The van der Waals surface area contributed by atoms with Crippen LogP contribution in [0, 0.1) is 0 Å². The van der Waals surface area contributed by atoms with Gasteiger partial charge < -0.3 is 10.3 Å². The van der Waals surface area contributed by atoms with E-state index in [4.69, 9.17) is 0 Å². The van der Waals surface area contributed by atoms with Crippen LogP contribution in [0.1, 0.15) is 25.0 Å². The first-order valence-electron chi connectivity index (χ1n) is 6.40. The van der Waals surface area contributed by atoms with Crippen LogP contribution in [0.5, 0.6) is 0 Å². The van der Waals surface area contributed by atoms with Crippen molar-refractivity contribution in [2.75, 3.05) is 25.6 Å². The van der Waals surface area contributed by atoms with Crippen molar-refractivity contribution in [3.8, 4) is 0 Å². The molecule has 0 bridgehead atoms. The second-order valence-electron chi connectivity index (χ2n) is 4.34. The Balaban J connectivity index is 2.38. The summed E-state index contributed by atoms with van der Waals surface area (Å²) in [7, 11) is -1.54. The van der Waals surface area contributed by atoms with Gasteiger partial charge in [-0.3, -0.25) is 0 Å². The fourth-order valence-corrected chi connectivity index (χ4v) is 3.29. The van der Waals surface area contributed by atoms with Crippen molar-refractivity contribution in [3.05, 3.63) is 18.0 Å². The zero-order chi connectivity index (χ0) is 14.1. The maximum absolute atomic E-state index is 12.0. The van der Waals surface area contributed by atoms with Gasteiger partial charge in [0.1, 0.15) is 0 Å². The number of thioether (sulfide) groups is 1.